The molecule has 0 heterocycles. The molecule has 0 N–H and O–H groups in total. The van der Waals surface area contributed by atoms with E-state index in [1.165, 1.54) is 11.1 Å². The van der Waals surface area contributed by atoms with Crippen LogP contribution in [-0.2, 0) is 0 Å². The van der Waals surface area contributed by atoms with Gasteiger partial charge in [0, 0.05) is 0 Å². The van der Waals surface area contributed by atoms with Crippen LogP contribution in [0.2, 0.25) is 0 Å². The molecule has 1 aromatic rings. The van der Waals surface area contributed by atoms with Crippen LogP contribution in [0.3, 0.4) is 0 Å². The van der Waals surface area contributed by atoms with Gasteiger partial charge in [-0.05, 0) is 18.1 Å². The van der Waals surface area contributed by atoms with Crippen molar-refractivity contribution in [2.75, 3.05) is 0 Å². The molecule has 0 aliphatic heterocycles. The molecule has 0 atom stereocenters. The van der Waals surface area contributed by atoms with Crippen LogP contribution in [-0.4, -0.2) is 0 Å². The fourth-order valence-electron chi connectivity index (χ4n) is 1.16. The third kappa shape index (κ3) is 4.46. The minimum atomic E-state index is 0. The van der Waals surface area contributed by atoms with Gasteiger partial charge in [-0.15, -0.1) is 0 Å². The van der Waals surface area contributed by atoms with Crippen LogP contribution in [0.5, 0.6) is 0 Å². The second-order valence-electron chi connectivity index (χ2n) is 2.93. The van der Waals surface area contributed by atoms with Gasteiger partial charge in [0.1, 0.15) is 0 Å². The average Bonchev–Trinajstić information content (AvgIpc) is 2.16. The lowest BCUT2D eigenvalue weighted by atomic mass is 10.0. The molecule has 0 saturated carbocycles. The van der Waals surface area contributed by atoms with Gasteiger partial charge in [0.15, 0.2) is 0 Å². The molecule has 0 fully saturated rings. The summed E-state index contributed by atoms with van der Waals surface area (Å²) in [6.07, 6.45) is 5.57. The van der Waals surface area contributed by atoms with Gasteiger partial charge in [-0.25, -0.2) is 0 Å². The van der Waals surface area contributed by atoms with E-state index < -0.39 is 0 Å². The van der Waals surface area contributed by atoms with Crippen molar-refractivity contribution < 1.29 is 0 Å². The van der Waals surface area contributed by atoms with E-state index in [2.05, 4.69) is 44.3 Å². The zero-order valence-corrected chi connectivity index (χ0v) is 7.96. The van der Waals surface area contributed by atoms with Gasteiger partial charge < -0.3 is 0 Å². The maximum Gasteiger partial charge on any atom is -0.0184 e. The number of hydrogen-bond acceptors (Lipinski definition) is 0. The first kappa shape index (κ1) is 15.9. The molecule has 1 rings (SSSR count). The van der Waals surface area contributed by atoms with E-state index in [0.29, 0.717) is 0 Å². The van der Waals surface area contributed by atoms with Crippen LogP contribution >= 0.6 is 0 Å². The summed E-state index contributed by atoms with van der Waals surface area (Å²) in [5, 5.41) is 0. The summed E-state index contributed by atoms with van der Waals surface area (Å²) in [5.74, 6) is 0. The summed E-state index contributed by atoms with van der Waals surface area (Å²) in [6, 6.07) is 8.37. The zero-order valence-electron chi connectivity index (χ0n) is 7.96. The van der Waals surface area contributed by atoms with E-state index in [9.17, 15) is 0 Å². The fraction of sp³-hybridized carbons (Fsp3) is 0.200. The molecule has 0 spiro atoms. The van der Waals surface area contributed by atoms with Gasteiger partial charge in [0.25, 0.3) is 0 Å². The Balaban J connectivity index is 0. The number of rotatable bonds is 3. The highest BCUT2D eigenvalue weighted by atomic mass is 14.0. The molecular weight excluding hydrogens is 180 g/mol. The summed E-state index contributed by atoms with van der Waals surface area (Å²) < 4.78 is 0. The first-order valence-corrected chi connectivity index (χ1v) is 4.30. The van der Waals surface area contributed by atoms with Gasteiger partial charge in [-0.3, -0.25) is 0 Å². The SMILES string of the molecule is C.C.C=C/C=C(\C=C)c1ccc(C)cc1. The predicted molar refractivity (Wildman–Crippen MR) is 73.0 cm³/mol. The van der Waals surface area contributed by atoms with Crippen LogP contribution in [0.4, 0.5) is 0 Å². The summed E-state index contributed by atoms with van der Waals surface area (Å²) in [6.45, 7) is 9.51. The summed E-state index contributed by atoms with van der Waals surface area (Å²) >= 11 is 0. The standard InChI is InChI=1S/C13H14.2CH4/c1-4-6-12(5-2)13-9-7-11(3)8-10-13;;/h4-10H,1-2H2,3H3;2*1H4/b12-6+;;. The molecule has 0 heteroatoms. The maximum absolute atomic E-state index is 3.76. The van der Waals surface area contributed by atoms with E-state index in [-0.39, 0.29) is 14.9 Å². The van der Waals surface area contributed by atoms with Gasteiger partial charge in [-0.1, -0.05) is 76.1 Å². The molecule has 1 aromatic carbocycles. The number of hydrogen-bond donors (Lipinski definition) is 0. The highest BCUT2D eigenvalue weighted by molar-refractivity contribution is 5.74. The summed E-state index contributed by atoms with van der Waals surface area (Å²) in [7, 11) is 0. The van der Waals surface area contributed by atoms with E-state index in [1.54, 1.807) is 6.08 Å². The molecule has 0 aromatic heterocycles. The molecular formula is C15H22. The highest BCUT2D eigenvalue weighted by Crippen LogP contribution is 2.15. The summed E-state index contributed by atoms with van der Waals surface area (Å²) in [4.78, 5) is 0. The van der Waals surface area contributed by atoms with E-state index in [0.717, 1.165) is 5.57 Å². The van der Waals surface area contributed by atoms with Crippen molar-refractivity contribution in [2.45, 2.75) is 21.8 Å². The Kier molecular flexibility index (Phi) is 8.27. The third-order valence-electron chi connectivity index (χ3n) is 1.90. The second kappa shape index (κ2) is 7.81. The lowest BCUT2D eigenvalue weighted by molar-refractivity contribution is 1.45. The Morgan fingerprint density at radius 2 is 1.60 bits per heavy atom. The molecule has 0 saturated heterocycles. The Morgan fingerprint density at radius 3 is 2.00 bits per heavy atom. The monoisotopic (exact) mass is 202 g/mol. The normalized spacial score (nSPS) is 9.53. The Bertz CT molecular complexity index is 326. The zero-order chi connectivity index (χ0) is 9.68. The molecule has 0 aliphatic carbocycles. The molecule has 0 bridgehead atoms. The van der Waals surface area contributed by atoms with Crippen molar-refractivity contribution in [1.82, 2.24) is 0 Å². The second-order valence-corrected chi connectivity index (χ2v) is 2.93. The van der Waals surface area contributed by atoms with Crippen molar-refractivity contribution in [2.24, 2.45) is 0 Å². The molecule has 0 nitrogen and oxygen atoms in total. The maximum atomic E-state index is 3.76. The Hall–Kier alpha value is -1.56. The first-order chi connectivity index (χ1) is 6.27. The van der Waals surface area contributed by atoms with Crippen molar-refractivity contribution in [3.63, 3.8) is 0 Å². The van der Waals surface area contributed by atoms with E-state index in [1.807, 2.05) is 12.2 Å². The smallest absolute Gasteiger partial charge is 0.0184 e. The highest BCUT2D eigenvalue weighted by Gasteiger charge is 1.94. The number of benzene rings is 1. The third-order valence-corrected chi connectivity index (χ3v) is 1.90. The van der Waals surface area contributed by atoms with Gasteiger partial charge in [0.2, 0.25) is 0 Å². The summed E-state index contributed by atoms with van der Waals surface area (Å²) in [5.41, 5.74) is 3.56. The molecule has 0 amide bonds. The Labute approximate surface area is 94.7 Å². The predicted octanol–water partition coefficient (Wildman–Crippen LogP) is 5.02. The minimum Gasteiger partial charge on any atom is -0.0990 e. The lowest BCUT2D eigenvalue weighted by Crippen LogP contribution is -1.80. The molecule has 0 aliphatic rings. The molecule has 0 radical (unpaired) electrons. The first-order valence-electron chi connectivity index (χ1n) is 4.30. The van der Waals surface area contributed by atoms with Crippen LogP contribution in [0, 0.1) is 6.92 Å². The van der Waals surface area contributed by atoms with Crippen LogP contribution in [0.15, 0.2) is 55.7 Å². The van der Waals surface area contributed by atoms with Crippen molar-refractivity contribution in [1.29, 1.82) is 0 Å². The van der Waals surface area contributed by atoms with E-state index in [4.69, 9.17) is 0 Å². The van der Waals surface area contributed by atoms with Crippen LogP contribution in [0.1, 0.15) is 26.0 Å². The van der Waals surface area contributed by atoms with Crippen molar-refractivity contribution in [3.8, 4) is 0 Å². The number of allylic oxidation sites excluding steroid dienone is 4. The minimum absolute atomic E-state index is 0. The van der Waals surface area contributed by atoms with E-state index >= 15 is 0 Å². The number of aryl methyl sites for hydroxylation is 1. The van der Waals surface area contributed by atoms with Crippen LogP contribution in [0.25, 0.3) is 5.57 Å². The van der Waals surface area contributed by atoms with Gasteiger partial charge in [0.05, 0.1) is 0 Å². The fourth-order valence-corrected chi connectivity index (χ4v) is 1.16. The molecule has 0 unspecified atom stereocenters. The van der Waals surface area contributed by atoms with Crippen molar-refractivity contribution in [3.05, 3.63) is 66.8 Å². The van der Waals surface area contributed by atoms with Gasteiger partial charge in [-0.2, -0.15) is 0 Å². The lowest BCUT2D eigenvalue weighted by Gasteiger charge is -2.01. The van der Waals surface area contributed by atoms with Crippen LogP contribution < -0.4 is 0 Å². The van der Waals surface area contributed by atoms with Gasteiger partial charge >= 0.3 is 0 Å². The average molecular weight is 202 g/mol. The topological polar surface area (TPSA) is 0 Å². The molecule has 82 valence electrons. The molecule has 15 heavy (non-hydrogen) atoms. The Morgan fingerprint density at radius 1 is 1.07 bits per heavy atom. The largest absolute Gasteiger partial charge is 0.0990 e. The van der Waals surface area contributed by atoms with Crippen molar-refractivity contribution >= 4 is 5.57 Å². The quantitative estimate of drug-likeness (QED) is 0.603.